The van der Waals surface area contributed by atoms with Crippen LogP contribution in [-0.4, -0.2) is 43.2 Å². The van der Waals surface area contributed by atoms with Crippen LogP contribution in [-0.2, 0) is 21.4 Å². The Labute approximate surface area is 180 Å². The van der Waals surface area contributed by atoms with E-state index in [9.17, 15) is 13.2 Å². The SMILES string of the molecule is CCCN(Cc1ccccc1)C(=O)C1CCN(S(=O)(=O)/C=C/c2ccccc2)CC1. The first kappa shape index (κ1) is 22.2. The number of benzene rings is 2. The number of amides is 1. The van der Waals surface area contributed by atoms with E-state index in [1.165, 1.54) is 9.71 Å². The standard InChI is InChI=1S/C24H30N2O3S/c1-2-16-25(20-22-11-7-4-8-12-22)24(27)23-13-17-26(18-14-23)30(28,29)19-15-21-9-5-3-6-10-21/h3-12,15,19,23H,2,13-14,16-18,20H2,1H3/b19-15+. The van der Waals surface area contributed by atoms with Gasteiger partial charge in [-0.1, -0.05) is 67.6 Å². The molecular formula is C24H30N2O3S. The van der Waals surface area contributed by atoms with Crippen molar-refractivity contribution in [2.75, 3.05) is 19.6 Å². The Balaban J connectivity index is 1.59. The zero-order chi connectivity index (χ0) is 21.4. The maximum atomic E-state index is 13.1. The number of carbonyl (C=O) groups excluding carboxylic acids is 1. The predicted octanol–water partition coefficient (Wildman–Crippen LogP) is 4.14. The Kier molecular flexibility index (Phi) is 7.82. The van der Waals surface area contributed by atoms with E-state index in [1.54, 1.807) is 6.08 Å². The molecule has 0 radical (unpaired) electrons. The molecule has 6 heteroatoms. The molecule has 0 aliphatic carbocycles. The monoisotopic (exact) mass is 426 g/mol. The lowest BCUT2D eigenvalue weighted by atomic mass is 9.96. The van der Waals surface area contributed by atoms with Crippen molar-refractivity contribution in [3.8, 4) is 0 Å². The van der Waals surface area contributed by atoms with E-state index >= 15 is 0 Å². The van der Waals surface area contributed by atoms with Crippen molar-refractivity contribution >= 4 is 22.0 Å². The average Bonchev–Trinajstić information content (AvgIpc) is 2.78. The highest BCUT2D eigenvalue weighted by molar-refractivity contribution is 7.92. The second kappa shape index (κ2) is 10.5. The second-order valence-corrected chi connectivity index (χ2v) is 9.50. The highest BCUT2D eigenvalue weighted by atomic mass is 32.2. The molecule has 1 saturated heterocycles. The molecule has 0 bridgehead atoms. The summed E-state index contributed by atoms with van der Waals surface area (Å²) in [5.41, 5.74) is 1.97. The molecule has 0 atom stereocenters. The van der Waals surface area contributed by atoms with Crippen LogP contribution in [0.3, 0.4) is 0 Å². The summed E-state index contributed by atoms with van der Waals surface area (Å²) in [5, 5.41) is 1.27. The van der Waals surface area contributed by atoms with E-state index < -0.39 is 10.0 Å². The average molecular weight is 427 g/mol. The van der Waals surface area contributed by atoms with Gasteiger partial charge in [-0.05, 0) is 36.5 Å². The van der Waals surface area contributed by atoms with Gasteiger partial charge in [-0.3, -0.25) is 4.79 Å². The van der Waals surface area contributed by atoms with Crippen LogP contribution < -0.4 is 0 Å². The van der Waals surface area contributed by atoms with E-state index in [2.05, 4.69) is 6.92 Å². The number of carbonyl (C=O) groups is 1. The summed E-state index contributed by atoms with van der Waals surface area (Å²) < 4.78 is 26.8. The first-order valence-electron chi connectivity index (χ1n) is 10.6. The van der Waals surface area contributed by atoms with Gasteiger partial charge in [0.05, 0.1) is 0 Å². The summed E-state index contributed by atoms with van der Waals surface area (Å²) in [6, 6.07) is 19.4. The summed E-state index contributed by atoms with van der Waals surface area (Å²) in [5.74, 6) is 0.0161. The van der Waals surface area contributed by atoms with Crippen molar-refractivity contribution in [3.63, 3.8) is 0 Å². The van der Waals surface area contributed by atoms with Crippen LogP contribution >= 0.6 is 0 Å². The van der Waals surface area contributed by atoms with E-state index in [-0.39, 0.29) is 11.8 Å². The number of rotatable bonds is 8. The van der Waals surface area contributed by atoms with Gasteiger partial charge < -0.3 is 4.90 Å². The third-order valence-corrected chi connectivity index (χ3v) is 6.98. The van der Waals surface area contributed by atoms with Gasteiger partial charge in [0.2, 0.25) is 15.9 Å². The lowest BCUT2D eigenvalue weighted by molar-refractivity contribution is -0.137. The molecule has 0 N–H and O–H groups in total. The topological polar surface area (TPSA) is 57.7 Å². The largest absolute Gasteiger partial charge is 0.338 e. The smallest absolute Gasteiger partial charge is 0.236 e. The molecule has 1 aliphatic rings. The Morgan fingerprint density at radius 2 is 1.63 bits per heavy atom. The normalized spacial score (nSPS) is 16.0. The summed E-state index contributed by atoms with van der Waals surface area (Å²) in [6.45, 7) is 4.14. The highest BCUT2D eigenvalue weighted by Crippen LogP contribution is 2.23. The van der Waals surface area contributed by atoms with E-state index in [1.807, 2.05) is 65.6 Å². The molecule has 1 amide bonds. The van der Waals surface area contributed by atoms with Crippen molar-refractivity contribution in [1.29, 1.82) is 0 Å². The number of hydrogen-bond donors (Lipinski definition) is 0. The summed E-state index contributed by atoms with van der Waals surface area (Å²) in [4.78, 5) is 15.0. The number of sulfonamides is 1. The van der Waals surface area contributed by atoms with E-state index in [0.717, 1.165) is 17.5 Å². The van der Waals surface area contributed by atoms with Crippen LogP contribution in [0.25, 0.3) is 6.08 Å². The second-order valence-electron chi connectivity index (χ2n) is 7.68. The maximum Gasteiger partial charge on any atom is 0.236 e. The Hall–Kier alpha value is -2.44. The lowest BCUT2D eigenvalue weighted by Crippen LogP contribution is -2.44. The Morgan fingerprint density at radius 3 is 2.23 bits per heavy atom. The van der Waals surface area contributed by atoms with Crippen LogP contribution in [0.4, 0.5) is 0 Å². The first-order chi connectivity index (χ1) is 14.5. The molecule has 1 aliphatic heterocycles. The van der Waals surface area contributed by atoms with Crippen LogP contribution in [0, 0.1) is 5.92 Å². The molecule has 160 valence electrons. The first-order valence-corrected chi connectivity index (χ1v) is 12.1. The lowest BCUT2D eigenvalue weighted by Gasteiger charge is -2.33. The third kappa shape index (κ3) is 6.03. The fourth-order valence-corrected chi connectivity index (χ4v) is 4.99. The van der Waals surface area contributed by atoms with Crippen LogP contribution in [0.1, 0.15) is 37.3 Å². The zero-order valence-electron chi connectivity index (χ0n) is 17.5. The summed E-state index contributed by atoms with van der Waals surface area (Å²) in [6.07, 6.45) is 3.64. The van der Waals surface area contributed by atoms with Gasteiger partial charge in [0.1, 0.15) is 0 Å². The molecule has 0 spiro atoms. The number of hydrogen-bond acceptors (Lipinski definition) is 3. The van der Waals surface area contributed by atoms with Gasteiger partial charge in [0, 0.05) is 37.5 Å². The fourth-order valence-electron chi connectivity index (χ4n) is 3.77. The van der Waals surface area contributed by atoms with Crippen LogP contribution in [0.15, 0.2) is 66.1 Å². The van der Waals surface area contributed by atoms with Crippen molar-refractivity contribution in [2.45, 2.75) is 32.7 Å². The molecule has 1 fully saturated rings. The molecule has 2 aromatic carbocycles. The molecule has 0 unspecified atom stereocenters. The third-order valence-electron chi connectivity index (χ3n) is 5.42. The molecular weight excluding hydrogens is 396 g/mol. The molecule has 5 nitrogen and oxygen atoms in total. The Bertz CT molecular complexity index is 935. The van der Waals surface area contributed by atoms with Gasteiger partial charge in [0.25, 0.3) is 0 Å². The van der Waals surface area contributed by atoms with Gasteiger partial charge >= 0.3 is 0 Å². The number of nitrogens with zero attached hydrogens (tertiary/aromatic N) is 2. The fraction of sp³-hybridized carbons (Fsp3) is 0.375. The predicted molar refractivity (Wildman–Crippen MR) is 121 cm³/mol. The minimum absolute atomic E-state index is 0.121. The summed E-state index contributed by atoms with van der Waals surface area (Å²) >= 11 is 0. The summed E-state index contributed by atoms with van der Waals surface area (Å²) in [7, 11) is -3.48. The molecule has 2 aromatic rings. The maximum absolute atomic E-state index is 13.1. The van der Waals surface area contributed by atoms with Crippen molar-refractivity contribution in [2.24, 2.45) is 5.92 Å². The van der Waals surface area contributed by atoms with Gasteiger partial charge in [-0.2, -0.15) is 4.31 Å². The van der Waals surface area contributed by atoms with Crippen molar-refractivity contribution in [3.05, 3.63) is 77.2 Å². The number of piperidine rings is 1. The highest BCUT2D eigenvalue weighted by Gasteiger charge is 2.32. The van der Waals surface area contributed by atoms with E-state index in [4.69, 9.17) is 0 Å². The molecule has 3 rings (SSSR count). The molecule has 1 heterocycles. The quantitative estimate of drug-likeness (QED) is 0.637. The van der Waals surface area contributed by atoms with Gasteiger partial charge in [-0.15, -0.1) is 0 Å². The molecule has 30 heavy (non-hydrogen) atoms. The molecule has 0 aromatic heterocycles. The van der Waals surface area contributed by atoms with E-state index in [0.29, 0.717) is 39.0 Å². The van der Waals surface area contributed by atoms with Crippen LogP contribution in [0.5, 0.6) is 0 Å². The zero-order valence-corrected chi connectivity index (χ0v) is 18.3. The van der Waals surface area contributed by atoms with Crippen molar-refractivity contribution < 1.29 is 13.2 Å². The minimum atomic E-state index is -3.48. The van der Waals surface area contributed by atoms with Crippen molar-refractivity contribution in [1.82, 2.24) is 9.21 Å². The van der Waals surface area contributed by atoms with Crippen LogP contribution in [0.2, 0.25) is 0 Å². The Morgan fingerprint density at radius 1 is 1.03 bits per heavy atom. The van der Waals surface area contributed by atoms with Gasteiger partial charge in [0.15, 0.2) is 0 Å². The van der Waals surface area contributed by atoms with Gasteiger partial charge in [-0.25, -0.2) is 8.42 Å². The molecule has 0 saturated carbocycles. The minimum Gasteiger partial charge on any atom is -0.338 e.